The molecule has 1 fully saturated rings. The fourth-order valence-corrected chi connectivity index (χ4v) is 4.37. The summed E-state index contributed by atoms with van der Waals surface area (Å²) in [5.74, 6) is 0.415. The van der Waals surface area contributed by atoms with Gasteiger partial charge in [0.2, 0.25) is 11.5 Å². The molecule has 0 unspecified atom stereocenters. The zero-order valence-electron chi connectivity index (χ0n) is 16.6. The third-order valence-electron chi connectivity index (χ3n) is 5.85. The number of hydrogen-bond acceptors (Lipinski definition) is 6. The Hall–Kier alpha value is -3.81. The van der Waals surface area contributed by atoms with Gasteiger partial charge in [-0.1, -0.05) is 12.1 Å². The minimum Gasteiger partial charge on any atom is -0.448 e. The Bertz CT molecular complexity index is 1400. The summed E-state index contributed by atoms with van der Waals surface area (Å²) in [5.41, 5.74) is 1.40. The van der Waals surface area contributed by atoms with E-state index < -0.39 is 11.3 Å². The largest absolute Gasteiger partial charge is 0.448 e. The van der Waals surface area contributed by atoms with Crippen molar-refractivity contribution in [2.24, 2.45) is 0 Å². The van der Waals surface area contributed by atoms with Crippen molar-refractivity contribution in [1.82, 2.24) is 9.55 Å². The van der Waals surface area contributed by atoms with Crippen molar-refractivity contribution < 1.29 is 18.7 Å². The summed E-state index contributed by atoms with van der Waals surface area (Å²) in [4.78, 5) is 29.7. The van der Waals surface area contributed by atoms with Crippen LogP contribution < -0.4 is 20.3 Å². The Morgan fingerprint density at radius 3 is 2.77 bits per heavy atom. The van der Waals surface area contributed by atoms with Crippen molar-refractivity contribution >= 4 is 33.7 Å². The Kier molecular flexibility index (Phi) is 3.83. The van der Waals surface area contributed by atoms with E-state index in [2.05, 4.69) is 10.3 Å². The minimum atomic E-state index is -0.550. The zero-order valence-corrected chi connectivity index (χ0v) is 16.6. The summed E-state index contributed by atoms with van der Waals surface area (Å²) in [6.45, 7) is -0.183. The fraction of sp³-hybridized carbons (Fsp3) is 0.261. The van der Waals surface area contributed by atoms with Crippen molar-refractivity contribution in [2.75, 3.05) is 5.32 Å². The van der Waals surface area contributed by atoms with Gasteiger partial charge in [0.05, 0.1) is 6.33 Å². The van der Waals surface area contributed by atoms with Gasteiger partial charge in [0.1, 0.15) is 17.6 Å². The smallest absolute Gasteiger partial charge is 0.297 e. The number of furan rings is 1. The number of nitrogens with one attached hydrogen (secondary N) is 1. The van der Waals surface area contributed by atoms with Gasteiger partial charge in [-0.15, -0.1) is 0 Å². The normalized spacial score (nSPS) is 16.4. The number of aromatic nitrogens is 2. The third-order valence-corrected chi connectivity index (χ3v) is 5.85. The molecule has 0 atom stereocenters. The average molecular weight is 417 g/mol. The van der Waals surface area contributed by atoms with Crippen molar-refractivity contribution in [3.8, 4) is 11.5 Å². The number of nitrogens with zero attached hydrogens (tertiary/aromatic N) is 2. The van der Waals surface area contributed by atoms with Gasteiger partial charge in [0, 0.05) is 30.0 Å². The van der Waals surface area contributed by atoms with Gasteiger partial charge in [-0.05, 0) is 37.1 Å². The van der Waals surface area contributed by atoms with Crippen molar-refractivity contribution in [3.63, 3.8) is 0 Å². The summed E-state index contributed by atoms with van der Waals surface area (Å²) in [7, 11) is 0. The van der Waals surface area contributed by atoms with E-state index in [9.17, 15) is 9.59 Å². The van der Waals surface area contributed by atoms with Crippen LogP contribution in [0.15, 0.2) is 58.0 Å². The van der Waals surface area contributed by atoms with Crippen LogP contribution >= 0.6 is 0 Å². The lowest BCUT2D eigenvalue weighted by molar-refractivity contribution is -0.116. The SMILES string of the molecule is O=C(Cn1cnc2c(oc3ccccc32)c1=O)Nc1ccc2c(c1)OC1(CCCC1)O2. The number of anilines is 1. The van der Waals surface area contributed by atoms with E-state index >= 15 is 0 Å². The van der Waals surface area contributed by atoms with E-state index in [4.69, 9.17) is 13.9 Å². The molecule has 0 saturated heterocycles. The van der Waals surface area contributed by atoms with Crippen molar-refractivity contribution in [2.45, 2.75) is 38.0 Å². The molecule has 8 heteroatoms. The number of ether oxygens (including phenoxy) is 2. The van der Waals surface area contributed by atoms with Gasteiger partial charge in [-0.3, -0.25) is 14.2 Å². The Morgan fingerprint density at radius 1 is 1.10 bits per heavy atom. The van der Waals surface area contributed by atoms with Crippen LogP contribution in [0.3, 0.4) is 0 Å². The average Bonchev–Trinajstić information content (AvgIpc) is 3.47. The van der Waals surface area contributed by atoms with Crippen molar-refractivity contribution in [1.29, 1.82) is 0 Å². The Morgan fingerprint density at radius 2 is 1.90 bits per heavy atom. The number of rotatable bonds is 3. The summed E-state index contributed by atoms with van der Waals surface area (Å²) in [6.07, 6.45) is 5.26. The van der Waals surface area contributed by atoms with Crippen LogP contribution in [0.1, 0.15) is 25.7 Å². The molecule has 31 heavy (non-hydrogen) atoms. The molecule has 4 aromatic rings. The standard InChI is InChI=1S/C23H19N3O5/c27-19(25-14-7-8-17-18(11-14)31-23(30-17)9-3-4-10-23)12-26-13-24-20-15-5-1-2-6-16(15)29-21(20)22(26)28/h1-2,5-8,11,13H,3-4,9-10,12H2,(H,25,27). The van der Waals surface area contributed by atoms with Crippen LogP contribution in [0.4, 0.5) is 5.69 Å². The fourth-order valence-electron chi connectivity index (χ4n) is 4.37. The van der Waals surface area contributed by atoms with Gasteiger partial charge >= 0.3 is 0 Å². The van der Waals surface area contributed by atoms with Crippen LogP contribution in [0, 0.1) is 0 Å². The number of hydrogen-bond donors (Lipinski definition) is 1. The maximum Gasteiger partial charge on any atom is 0.297 e. The van der Waals surface area contributed by atoms with E-state index in [1.807, 2.05) is 18.2 Å². The first kappa shape index (κ1) is 18.0. The molecule has 1 aliphatic carbocycles. The predicted molar refractivity (Wildman–Crippen MR) is 113 cm³/mol. The first-order chi connectivity index (χ1) is 15.1. The second-order valence-electron chi connectivity index (χ2n) is 7.99. The van der Waals surface area contributed by atoms with Crippen LogP contribution in [-0.4, -0.2) is 21.2 Å². The van der Waals surface area contributed by atoms with Crippen molar-refractivity contribution in [3.05, 3.63) is 59.1 Å². The summed E-state index contributed by atoms with van der Waals surface area (Å²) in [5, 5.41) is 3.58. The maximum absolute atomic E-state index is 12.8. The molecule has 2 aromatic heterocycles. The maximum atomic E-state index is 12.8. The summed E-state index contributed by atoms with van der Waals surface area (Å²) < 4.78 is 18.9. The molecular weight excluding hydrogens is 398 g/mol. The van der Waals surface area contributed by atoms with Gasteiger partial charge in [-0.25, -0.2) is 4.98 Å². The molecule has 156 valence electrons. The van der Waals surface area contributed by atoms with E-state index in [-0.39, 0.29) is 18.0 Å². The number of amides is 1. The van der Waals surface area contributed by atoms with Crippen LogP contribution in [0.5, 0.6) is 11.5 Å². The van der Waals surface area contributed by atoms with Gasteiger partial charge < -0.3 is 19.2 Å². The molecule has 3 heterocycles. The molecule has 2 aromatic carbocycles. The quantitative estimate of drug-likeness (QED) is 0.544. The first-order valence-corrected chi connectivity index (χ1v) is 10.3. The number of carbonyl (C=O) groups excluding carboxylic acids is 1. The van der Waals surface area contributed by atoms with Gasteiger partial charge in [0.25, 0.3) is 11.3 Å². The Balaban J connectivity index is 1.22. The first-order valence-electron chi connectivity index (χ1n) is 10.3. The summed E-state index contributed by atoms with van der Waals surface area (Å²) >= 11 is 0. The molecular formula is C23H19N3O5. The molecule has 0 bridgehead atoms. The predicted octanol–water partition coefficient (Wildman–Crippen LogP) is 3.82. The number of benzene rings is 2. The third kappa shape index (κ3) is 2.94. The molecule has 6 rings (SSSR count). The molecule has 1 N–H and O–H groups in total. The molecule has 1 amide bonds. The highest BCUT2D eigenvalue weighted by atomic mass is 16.7. The van der Waals surface area contributed by atoms with Crippen LogP contribution in [0.25, 0.3) is 22.1 Å². The van der Waals surface area contributed by atoms with E-state index in [1.165, 1.54) is 10.9 Å². The van der Waals surface area contributed by atoms with Gasteiger partial charge in [0.15, 0.2) is 11.5 Å². The van der Waals surface area contributed by atoms with E-state index in [0.717, 1.165) is 31.1 Å². The zero-order chi connectivity index (χ0) is 21.0. The van der Waals surface area contributed by atoms with E-state index in [0.29, 0.717) is 28.3 Å². The second kappa shape index (κ2) is 6.60. The molecule has 1 saturated carbocycles. The van der Waals surface area contributed by atoms with Crippen LogP contribution in [0.2, 0.25) is 0 Å². The van der Waals surface area contributed by atoms with Gasteiger partial charge in [-0.2, -0.15) is 0 Å². The lowest BCUT2D eigenvalue weighted by atomic mass is 10.2. The lowest BCUT2D eigenvalue weighted by Crippen LogP contribution is -2.34. The van der Waals surface area contributed by atoms with Crippen LogP contribution in [-0.2, 0) is 11.3 Å². The lowest BCUT2D eigenvalue weighted by Gasteiger charge is -2.21. The van der Waals surface area contributed by atoms with E-state index in [1.54, 1.807) is 24.3 Å². The topological polar surface area (TPSA) is 95.6 Å². The number of carbonyl (C=O) groups is 1. The highest BCUT2D eigenvalue weighted by Gasteiger charge is 2.44. The molecule has 8 nitrogen and oxygen atoms in total. The monoisotopic (exact) mass is 417 g/mol. The molecule has 1 aliphatic heterocycles. The molecule has 1 spiro atoms. The highest BCUT2D eigenvalue weighted by molar-refractivity contribution is 6.01. The number of para-hydroxylation sites is 1. The highest BCUT2D eigenvalue weighted by Crippen LogP contribution is 2.47. The minimum absolute atomic E-state index is 0.140. The molecule has 0 radical (unpaired) electrons. The number of fused-ring (bicyclic) bond motifs is 4. The summed E-state index contributed by atoms with van der Waals surface area (Å²) in [6, 6.07) is 12.6. The second-order valence-corrected chi connectivity index (χ2v) is 7.99. The molecule has 2 aliphatic rings. The Labute approximate surface area is 176 Å².